The highest BCUT2D eigenvalue weighted by Crippen LogP contribution is 2.20. The predicted octanol–water partition coefficient (Wildman–Crippen LogP) is 3.09. The molecule has 0 saturated carbocycles. The van der Waals surface area contributed by atoms with Crippen molar-refractivity contribution >= 4 is 28.9 Å². The van der Waals surface area contributed by atoms with Crippen molar-refractivity contribution in [2.24, 2.45) is 0 Å². The molecule has 110 valence electrons. The first kappa shape index (κ1) is 14.0. The van der Waals surface area contributed by atoms with Crippen LogP contribution in [0.5, 0.6) is 0 Å². The molecule has 3 rings (SSSR count). The van der Waals surface area contributed by atoms with Gasteiger partial charge in [-0.15, -0.1) is 11.3 Å². The fourth-order valence-corrected chi connectivity index (χ4v) is 3.23. The maximum atomic E-state index is 12.1. The second-order valence-electron chi connectivity index (χ2n) is 5.25. The van der Waals surface area contributed by atoms with Crippen molar-refractivity contribution in [2.45, 2.75) is 26.2 Å². The number of carbonyl (C=O) groups excluding carboxylic acids is 1. The van der Waals surface area contributed by atoms with Gasteiger partial charge in [-0.2, -0.15) is 0 Å². The Morgan fingerprint density at radius 2 is 2.05 bits per heavy atom. The zero-order chi connectivity index (χ0) is 14.7. The van der Waals surface area contributed by atoms with Crippen LogP contribution in [0, 0.1) is 6.92 Å². The molecule has 1 aliphatic rings. The summed E-state index contributed by atoms with van der Waals surface area (Å²) in [5.74, 6) is 1.33. The first-order valence-corrected chi connectivity index (χ1v) is 8.04. The Morgan fingerprint density at radius 3 is 2.76 bits per heavy atom. The predicted molar refractivity (Wildman–Crippen MR) is 85.1 cm³/mol. The van der Waals surface area contributed by atoms with Crippen LogP contribution in [0.3, 0.4) is 0 Å². The van der Waals surface area contributed by atoms with Gasteiger partial charge in [-0.3, -0.25) is 4.79 Å². The highest BCUT2D eigenvalue weighted by molar-refractivity contribution is 7.12. The standard InChI is InChI=1S/C15H18N4OS/c1-11-7-12(21-9-11)15(20)18-13-8-14(17-10-16-13)19-5-3-2-4-6-19/h7-10H,2-6H2,1H3,(H,16,17,18,20). The number of piperidine rings is 1. The molecular formula is C15H18N4OS. The van der Waals surface area contributed by atoms with Crippen LogP contribution in [-0.2, 0) is 0 Å². The summed E-state index contributed by atoms with van der Waals surface area (Å²) in [6.45, 7) is 4.02. The van der Waals surface area contributed by atoms with Crippen LogP contribution >= 0.6 is 11.3 Å². The van der Waals surface area contributed by atoms with Gasteiger partial charge in [0.15, 0.2) is 0 Å². The molecule has 6 heteroatoms. The Kier molecular flexibility index (Phi) is 4.15. The van der Waals surface area contributed by atoms with E-state index in [1.807, 2.05) is 24.4 Å². The third kappa shape index (κ3) is 3.39. The molecule has 0 spiro atoms. The number of aryl methyl sites for hydroxylation is 1. The first-order chi connectivity index (χ1) is 10.2. The van der Waals surface area contributed by atoms with E-state index in [4.69, 9.17) is 0 Å². The second kappa shape index (κ2) is 6.22. The second-order valence-corrected chi connectivity index (χ2v) is 6.16. The van der Waals surface area contributed by atoms with Gasteiger partial charge in [0.1, 0.15) is 18.0 Å². The van der Waals surface area contributed by atoms with E-state index in [2.05, 4.69) is 20.2 Å². The van der Waals surface area contributed by atoms with E-state index < -0.39 is 0 Å². The minimum atomic E-state index is -0.114. The van der Waals surface area contributed by atoms with Crippen molar-refractivity contribution in [1.82, 2.24) is 9.97 Å². The van der Waals surface area contributed by atoms with E-state index in [1.165, 1.54) is 36.9 Å². The van der Waals surface area contributed by atoms with Crippen LogP contribution in [0.2, 0.25) is 0 Å². The molecule has 0 bridgehead atoms. The number of hydrogen-bond acceptors (Lipinski definition) is 5. The molecule has 0 aliphatic carbocycles. The Balaban J connectivity index is 1.72. The van der Waals surface area contributed by atoms with Gasteiger partial charge in [0.05, 0.1) is 4.88 Å². The third-order valence-electron chi connectivity index (χ3n) is 3.53. The fourth-order valence-electron chi connectivity index (χ4n) is 2.44. The molecule has 1 amide bonds. The van der Waals surface area contributed by atoms with Crippen molar-refractivity contribution in [1.29, 1.82) is 0 Å². The number of aromatic nitrogens is 2. The lowest BCUT2D eigenvalue weighted by atomic mass is 10.1. The number of thiophene rings is 1. The molecule has 0 aromatic carbocycles. The van der Waals surface area contributed by atoms with E-state index in [9.17, 15) is 4.79 Å². The summed E-state index contributed by atoms with van der Waals surface area (Å²) in [4.78, 5) is 23.5. The highest BCUT2D eigenvalue weighted by atomic mass is 32.1. The summed E-state index contributed by atoms with van der Waals surface area (Å²) in [7, 11) is 0. The number of hydrogen-bond donors (Lipinski definition) is 1. The van der Waals surface area contributed by atoms with E-state index in [0.717, 1.165) is 24.5 Å². The van der Waals surface area contributed by atoms with Crippen LogP contribution in [-0.4, -0.2) is 29.0 Å². The van der Waals surface area contributed by atoms with Gasteiger partial charge in [-0.1, -0.05) is 0 Å². The van der Waals surface area contributed by atoms with Crippen LogP contribution < -0.4 is 10.2 Å². The van der Waals surface area contributed by atoms with Gasteiger partial charge in [0, 0.05) is 19.2 Å². The zero-order valence-corrected chi connectivity index (χ0v) is 12.8. The first-order valence-electron chi connectivity index (χ1n) is 7.16. The largest absolute Gasteiger partial charge is 0.356 e. The van der Waals surface area contributed by atoms with Crippen LogP contribution in [0.1, 0.15) is 34.5 Å². The minimum absolute atomic E-state index is 0.114. The lowest BCUT2D eigenvalue weighted by Gasteiger charge is -2.27. The lowest BCUT2D eigenvalue weighted by molar-refractivity contribution is 0.103. The van der Waals surface area contributed by atoms with E-state index in [0.29, 0.717) is 10.7 Å². The summed E-state index contributed by atoms with van der Waals surface area (Å²) in [6.07, 6.45) is 5.18. The molecule has 5 nitrogen and oxygen atoms in total. The summed E-state index contributed by atoms with van der Waals surface area (Å²) in [5, 5.41) is 4.81. The SMILES string of the molecule is Cc1csc(C(=O)Nc2cc(N3CCCCC3)ncn2)c1. The van der Waals surface area contributed by atoms with Crippen LogP contribution in [0.25, 0.3) is 0 Å². The molecule has 0 radical (unpaired) electrons. The maximum absolute atomic E-state index is 12.1. The van der Waals surface area contributed by atoms with Crippen LogP contribution in [0.4, 0.5) is 11.6 Å². The monoisotopic (exact) mass is 302 g/mol. The van der Waals surface area contributed by atoms with E-state index in [1.54, 1.807) is 0 Å². The minimum Gasteiger partial charge on any atom is -0.356 e. The van der Waals surface area contributed by atoms with E-state index in [-0.39, 0.29) is 5.91 Å². The van der Waals surface area contributed by atoms with Crippen molar-refractivity contribution in [3.8, 4) is 0 Å². The number of carbonyl (C=O) groups is 1. The zero-order valence-electron chi connectivity index (χ0n) is 12.0. The molecule has 1 fully saturated rings. The highest BCUT2D eigenvalue weighted by Gasteiger charge is 2.14. The molecular weight excluding hydrogens is 284 g/mol. The van der Waals surface area contributed by atoms with E-state index >= 15 is 0 Å². The van der Waals surface area contributed by atoms with Gasteiger partial charge in [0.25, 0.3) is 5.91 Å². The lowest BCUT2D eigenvalue weighted by Crippen LogP contribution is -2.30. The maximum Gasteiger partial charge on any atom is 0.266 e. The Bertz CT molecular complexity index is 634. The number of nitrogens with zero attached hydrogens (tertiary/aromatic N) is 3. The number of amides is 1. The topological polar surface area (TPSA) is 58.1 Å². The smallest absolute Gasteiger partial charge is 0.266 e. The molecule has 1 saturated heterocycles. The number of rotatable bonds is 3. The quantitative estimate of drug-likeness (QED) is 0.946. The molecule has 1 N–H and O–H groups in total. The molecule has 2 aromatic rings. The summed E-state index contributed by atoms with van der Waals surface area (Å²) in [6, 6.07) is 3.73. The Hall–Kier alpha value is -1.95. The summed E-state index contributed by atoms with van der Waals surface area (Å²) in [5.41, 5.74) is 1.10. The molecule has 1 aliphatic heterocycles. The molecule has 3 heterocycles. The number of anilines is 2. The molecule has 2 aromatic heterocycles. The van der Waals surface area contributed by atoms with Gasteiger partial charge in [-0.25, -0.2) is 9.97 Å². The van der Waals surface area contributed by atoms with Crippen molar-refractivity contribution in [3.05, 3.63) is 34.3 Å². The van der Waals surface area contributed by atoms with Gasteiger partial charge in [0.2, 0.25) is 0 Å². The van der Waals surface area contributed by atoms with Crippen molar-refractivity contribution in [3.63, 3.8) is 0 Å². The third-order valence-corrected chi connectivity index (χ3v) is 4.58. The summed E-state index contributed by atoms with van der Waals surface area (Å²) >= 11 is 1.44. The molecule has 0 unspecified atom stereocenters. The summed E-state index contributed by atoms with van der Waals surface area (Å²) < 4.78 is 0. The normalized spacial score (nSPS) is 15.0. The fraction of sp³-hybridized carbons (Fsp3) is 0.400. The van der Waals surface area contributed by atoms with Crippen molar-refractivity contribution in [2.75, 3.05) is 23.3 Å². The van der Waals surface area contributed by atoms with Gasteiger partial charge >= 0.3 is 0 Å². The Labute approximate surface area is 128 Å². The Morgan fingerprint density at radius 1 is 1.24 bits per heavy atom. The van der Waals surface area contributed by atoms with Gasteiger partial charge < -0.3 is 10.2 Å². The molecule has 0 atom stereocenters. The average molecular weight is 302 g/mol. The average Bonchev–Trinajstić information content (AvgIpc) is 2.95. The van der Waals surface area contributed by atoms with Crippen molar-refractivity contribution < 1.29 is 4.79 Å². The number of nitrogens with one attached hydrogen (secondary N) is 1. The molecule has 21 heavy (non-hydrogen) atoms. The van der Waals surface area contributed by atoms with Gasteiger partial charge in [-0.05, 0) is 43.2 Å². The van der Waals surface area contributed by atoms with Crippen LogP contribution in [0.15, 0.2) is 23.8 Å².